The van der Waals surface area contributed by atoms with Crippen LogP contribution in [0.4, 0.5) is 0 Å². The average Bonchev–Trinajstić information content (AvgIpc) is 3.53. The van der Waals surface area contributed by atoms with E-state index in [0.717, 1.165) is 48.9 Å². The van der Waals surface area contributed by atoms with E-state index in [-0.39, 0.29) is 22.4 Å². The summed E-state index contributed by atoms with van der Waals surface area (Å²) in [5, 5.41) is 0. The first-order chi connectivity index (χ1) is 12.9. The molecule has 144 valence electrons. The van der Waals surface area contributed by atoms with Gasteiger partial charge in [-0.2, -0.15) is 0 Å². The largest absolute Gasteiger partial charge is 0.458 e. The van der Waals surface area contributed by atoms with Crippen LogP contribution in [0.3, 0.4) is 0 Å². The molecule has 27 heavy (non-hydrogen) atoms. The van der Waals surface area contributed by atoms with Gasteiger partial charge in [0.25, 0.3) is 0 Å². The molecule has 5 unspecified atom stereocenters. The second-order valence-corrected chi connectivity index (χ2v) is 11.5. The van der Waals surface area contributed by atoms with Crippen molar-refractivity contribution in [1.29, 1.82) is 0 Å². The molecule has 10 atom stereocenters. The van der Waals surface area contributed by atoms with Crippen molar-refractivity contribution in [2.24, 2.45) is 52.3 Å². The lowest BCUT2D eigenvalue weighted by atomic mass is 9.45. The van der Waals surface area contributed by atoms with Crippen LogP contribution in [-0.2, 0) is 14.3 Å². The minimum atomic E-state index is -0.131. The Morgan fingerprint density at radius 3 is 2.63 bits per heavy atom. The third kappa shape index (κ3) is 1.58. The molecule has 0 radical (unpaired) electrons. The molecule has 1 saturated heterocycles. The molecule has 0 aromatic carbocycles. The van der Waals surface area contributed by atoms with E-state index in [1.807, 2.05) is 0 Å². The molecular weight excluding hydrogens is 336 g/mol. The highest BCUT2D eigenvalue weighted by molar-refractivity contribution is 5.92. The topological polar surface area (TPSA) is 43.4 Å². The predicted molar refractivity (Wildman–Crippen MR) is 99.5 cm³/mol. The summed E-state index contributed by atoms with van der Waals surface area (Å²) in [7, 11) is 0. The third-order valence-electron chi connectivity index (χ3n) is 10.9. The van der Waals surface area contributed by atoms with Crippen LogP contribution in [0.1, 0.15) is 65.2 Å². The first-order valence-corrected chi connectivity index (χ1v) is 11.4. The number of ketones is 1. The Kier molecular flexibility index (Phi) is 2.56. The zero-order valence-electron chi connectivity index (χ0n) is 16.5. The van der Waals surface area contributed by atoms with Gasteiger partial charge in [-0.15, -0.1) is 0 Å². The van der Waals surface area contributed by atoms with Crippen molar-refractivity contribution >= 4 is 11.8 Å². The number of carbonyl (C=O) groups excluding carboxylic acids is 2. The van der Waals surface area contributed by atoms with E-state index >= 15 is 0 Å². The van der Waals surface area contributed by atoms with Crippen molar-refractivity contribution in [3.05, 3.63) is 11.6 Å². The van der Waals surface area contributed by atoms with Gasteiger partial charge in [-0.05, 0) is 85.5 Å². The summed E-state index contributed by atoms with van der Waals surface area (Å²) in [6.45, 7) is 4.99. The molecule has 1 aliphatic heterocycles. The van der Waals surface area contributed by atoms with E-state index < -0.39 is 0 Å². The fourth-order valence-electron chi connectivity index (χ4n) is 9.74. The lowest BCUT2D eigenvalue weighted by Crippen LogP contribution is -2.57. The highest BCUT2D eigenvalue weighted by Gasteiger charge is 2.81. The highest BCUT2D eigenvalue weighted by Crippen LogP contribution is 2.82. The number of hydrogen-bond acceptors (Lipinski definition) is 3. The van der Waals surface area contributed by atoms with Crippen LogP contribution >= 0.6 is 0 Å². The molecule has 1 spiro atoms. The molecule has 0 amide bonds. The molecule has 0 aromatic heterocycles. The highest BCUT2D eigenvalue weighted by atomic mass is 16.6. The van der Waals surface area contributed by atoms with E-state index in [4.69, 9.17) is 4.74 Å². The molecule has 6 aliphatic carbocycles. The maximum absolute atomic E-state index is 12.2. The molecule has 0 N–H and O–H groups in total. The van der Waals surface area contributed by atoms with Crippen LogP contribution in [0.5, 0.6) is 0 Å². The first-order valence-electron chi connectivity index (χ1n) is 11.4. The molecule has 5 saturated carbocycles. The van der Waals surface area contributed by atoms with E-state index in [1.54, 1.807) is 0 Å². The molecule has 3 heteroatoms. The van der Waals surface area contributed by atoms with Crippen LogP contribution in [0, 0.1) is 52.3 Å². The Labute approximate surface area is 161 Å². The second kappa shape index (κ2) is 4.39. The lowest BCUT2D eigenvalue weighted by Gasteiger charge is -2.60. The van der Waals surface area contributed by atoms with Gasteiger partial charge in [0.05, 0.1) is 0 Å². The Bertz CT molecular complexity index is 827. The normalized spacial score (nSPS) is 62.0. The van der Waals surface area contributed by atoms with Gasteiger partial charge < -0.3 is 4.74 Å². The van der Waals surface area contributed by atoms with Gasteiger partial charge in [0.2, 0.25) is 0 Å². The van der Waals surface area contributed by atoms with Gasteiger partial charge in [-0.1, -0.05) is 19.4 Å². The summed E-state index contributed by atoms with van der Waals surface area (Å²) in [4.78, 5) is 24.3. The lowest BCUT2D eigenvalue weighted by molar-refractivity contribution is -0.177. The van der Waals surface area contributed by atoms with Crippen molar-refractivity contribution in [1.82, 2.24) is 0 Å². The number of esters is 1. The SMILES string of the molecule is CC12CCC(=O)C=C1[C@@H]1C[C@@H]1C1C2CCC2(C)C1[C@@H]1C[C@@H]1[C@]21CCC(=O)O1. The van der Waals surface area contributed by atoms with Crippen molar-refractivity contribution in [3.63, 3.8) is 0 Å². The molecule has 3 nitrogen and oxygen atoms in total. The van der Waals surface area contributed by atoms with E-state index in [2.05, 4.69) is 19.9 Å². The summed E-state index contributed by atoms with van der Waals surface area (Å²) in [5.74, 6) is 5.65. The van der Waals surface area contributed by atoms with Gasteiger partial charge in [-0.25, -0.2) is 0 Å². The molecule has 7 rings (SSSR count). The third-order valence-corrected chi connectivity index (χ3v) is 10.9. The number of carbonyl (C=O) groups is 2. The molecule has 0 bridgehead atoms. The van der Waals surface area contributed by atoms with Crippen molar-refractivity contribution < 1.29 is 14.3 Å². The standard InChI is InChI=1S/C24H30O3/c1-22-6-3-12(25)9-17(22)13-10-14(13)20-16(22)4-7-23(2)21(20)15-11-18(15)24(23)8-5-19(26)27-24/h9,13-16,18,20-21H,3-8,10-11H2,1-2H3/t13-,14+,15-,16?,18+,20?,21?,22?,23?,24-/m1/s1. The summed E-state index contributed by atoms with van der Waals surface area (Å²) in [5.41, 5.74) is 1.85. The Morgan fingerprint density at radius 2 is 1.85 bits per heavy atom. The second-order valence-electron chi connectivity index (χ2n) is 11.5. The van der Waals surface area contributed by atoms with E-state index in [0.29, 0.717) is 24.0 Å². The number of allylic oxidation sites excluding steroid dienone is 1. The molecule has 7 aliphatic rings. The fourth-order valence-corrected chi connectivity index (χ4v) is 9.74. The van der Waals surface area contributed by atoms with Gasteiger partial charge in [-0.3, -0.25) is 9.59 Å². The smallest absolute Gasteiger partial charge is 0.306 e. The predicted octanol–water partition coefficient (Wildman–Crippen LogP) is 4.31. The van der Waals surface area contributed by atoms with Crippen molar-refractivity contribution in [3.8, 4) is 0 Å². The minimum absolute atomic E-state index is 0.0561. The molecular formula is C24H30O3. The van der Waals surface area contributed by atoms with Crippen LogP contribution in [0.15, 0.2) is 11.6 Å². The van der Waals surface area contributed by atoms with Gasteiger partial charge in [0.1, 0.15) is 5.60 Å². The van der Waals surface area contributed by atoms with Crippen molar-refractivity contribution in [2.75, 3.05) is 0 Å². The van der Waals surface area contributed by atoms with Crippen LogP contribution in [-0.4, -0.2) is 17.4 Å². The maximum Gasteiger partial charge on any atom is 0.306 e. The summed E-state index contributed by atoms with van der Waals surface area (Å²) in [6, 6.07) is 0. The van der Waals surface area contributed by atoms with Crippen molar-refractivity contribution in [2.45, 2.75) is 70.8 Å². The van der Waals surface area contributed by atoms with E-state index in [1.165, 1.54) is 31.3 Å². The quantitative estimate of drug-likeness (QED) is 0.600. The zero-order chi connectivity index (χ0) is 18.3. The minimum Gasteiger partial charge on any atom is -0.458 e. The molecule has 6 fully saturated rings. The molecule has 0 aromatic rings. The van der Waals surface area contributed by atoms with Gasteiger partial charge in [0.15, 0.2) is 5.78 Å². The first kappa shape index (κ1) is 15.8. The Balaban J connectivity index is 1.33. The number of hydrogen-bond donors (Lipinski definition) is 0. The maximum atomic E-state index is 12.2. The Hall–Kier alpha value is -1.12. The summed E-state index contributed by atoms with van der Waals surface area (Å²) in [6.07, 6.45) is 10.6. The summed E-state index contributed by atoms with van der Waals surface area (Å²) < 4.78 is 6.22. The van der Waals surface area contributed by atoms with E-state index in [9.17, 15) is 9.59 Å². The average molecular weight is 367 g/mol. The van der Waals surface area contributed by atoms with Crippen LogP contribution in [0.2, 0.25) is 0 Å². The van der Waals surface area contributed by atoms with Gasteiger partial charge in [0, 0.05) is 24.2 Å². The summed E-state index contributed by atoms with van der Waals surface area (Å²) >= 11 is 0. The number of rotatable bonds is 0. The zero-order valence-corrected chi connectivity index (χ0v) is 16.5. The van der Waals surface area contributed by atoms with Crippen LogP contribution in [0.25, 0.3) is 0 Å². The number of fused-ring (bicyclic) bond motifs is 12. The van der Waals surface area contributed by atoms with Crippen LogP contribution < -0.4 is 0 Å². The fraction of sp³-hybridized carbons (Fsp3) is 0.833. The molecule has 1 heterocycles. The Morgan fingerprint density at radius 1 is 1.00 bits per heavy atom. The van der Waals surface area contributed by atoms with Gasteiger partial charge >= 0.3 is 5.97 Å². The monoisotopic (exact) mass is 366 g/mol. The number of ether oxygens (including phenoxy) is 1.